The summed E-state index contributed by atoms with van der Waals surface area (Å²) in [7, 11) is 0. The van der Waals surface area contributed by atoms with E-state index in [-0.39, 0.29) is 33.9 Å². The first kappa shape index (κ1) is 48.6. The van der Waals surface area contributed by atoms with Crippen molar-refractivity contribution in [1.29, 1.82) is 0 Å². The quantitative estimate of drug-likeness (QED) is 0.0301. The Hall–Kier alpha value is -6.42. The zero-order valence-corrected chi connectivity index (χ0v) is 37.7. The van der Waals surface area contributed by atoms with Crippen molar-refractivity contribution >= 4 is 23.9 Å². The van der Waals surface area contributed by atoms with Crippen LogP contribution in [0.25, 0.3) is 0 Å². The van der Waals surface area contributed by atoms with Crippen LogP contribution in [-0.4, -0.2) is 37.1 Å². The molecule has 0 aliphatic carbocycles. The molecule has 0 saturated carbocycles. The van der Waals surface area contributed by atoms with Crippen LogP contribution in [0.3, 0.4) is 0 Å². The molecular formula is C54H62O10. The Morgan fingerprint density at radius 3 is 1.30 bits per heavy atom. The van der Waals surface area contributed by atoms with Gasteiger partial charge in [-0.2, -0.15) is 0 Å². The van der Waals surface area contributed by atoms with E-state index in [1.54, 1.807) is 54.6 Å². The van der Waals surface area contributed by atoms with Crippen LogP contribution in [0, 0.1) is 11.8 Å². The summed E-state index contributed by atoms with van der Waals surface area (Å²) in [5.41, 5.74) is 0.984. The van der Waals surface area contributed by atoms with Crippen molar-refractivity contribution < 1.29 is 47.6 Å². The minimum absolute atomic E-state index is 0.125. The zero-order valence-electron chi connectivity index (χ0n) is 37.7. The number of unbranched alkanes of at least 4 members (excludes halogenated alkanes) is 7. The van der Waals surface area contributed by atoms with Gasteiger partial charge in [0.2, 0.25) is 0 Å². The Morgan fingerprint density at radius 1 is 0.391 bits per heavy atom. The van der Waals surface area contributed by atoms with Crippen LogP contribution in [0.15, 0.2) is 121 Å². The highest BCUT2D eigenvalue weighted by Crippen LogP contribution is 2.24. The predicted molar refractivity (Wildman–Crippen MR) is 248 cm³/mol. The van der Waals surface area contributed by atoms with Crippen LogP contribution < -0.4 is 28.4 Å². The monoisotopic (exact) mass is 870 g/mol. The summed E-state index contributed by atoms with van der Waals surface area (Å²) in [6, 6.07) is 31.7. The van der Waals surface area contributed by atoms with E-state index in [2.05, 4.69) is 27.7 Å². The van der Waals surface area contributed by atoms with E-state index in [1.165, 1.54) is 125 Å². The summed E-state index contributed by atoms with van der Waals surface area (Å²) < 4.78 is 33.8. The highest BCUT2D eigenvalue weighted by atomic mass is 16.5. The van der Waals surface area contributed by atoms with E-state index in [1.807, 2.05) is 0 Å². The van der Waals surface area contributed by atoms with Gasteiger partial charge in [-0.15, -0.1) is 0 Å². The SMILES string of the molecule is CCCCCCCCCCOc1ccc(C(=O)Oc2ccc(C(=O)Oc3cccc(C(=O)Oc4ccc(C(=O)Oc5ccc(OCC[C@@H](C)CCCC(C)C)cc5)cc4)c3)cc2)cc1. The van der Waals surface area contributed by atoms with Crippen molar-refractivity contribution in [3.63, 3.8) is 0 Å². The number of rotatable bonds is 26. The first-order valence-corrected chi connectivity index (χ1v) is 22.7. The van der Waals surface area contributed by atoms with Gasteiger partial charge in [-0.25, -0.2) is 19.2 Å². The van der Waals surface area contributed by atoms with Crippen LogP contribution in [0.4, 0.5) is 0 Å². The summed E-state index contributed by atoms with van der Waals surface area (Å²) in [5.74, 6) is 1.22. The lowest BCUT2D eigenvalue weighted by atomic mass is 9.98. The molecule has 1 atom stereocenters. The Labute approximate surface area is 378 Å². The molecule has 0 heterocycles. The fourth-order valence-corrected chi connectivity index (χ4v) is 6.78. The summed E-state index contributed by atoms with van der Waals surface area (Å²) in [6.07, 6.45) is 14.5. The Bertz CT molecular complexity index is 2190. The molecule has 0 aliphatic rings. The number of hydrogen-bond donors (Lipinski definition) is 0. The van der Waals surface area contributed by atoms with Gasteiger partial charge >= 0.3 is 23.9 Å². The van der Waals surface area contributed by atoms with Gasteiger partial charge in [-0.1, -0.05) is 98.0 Å². The molecule has 0 saturated heterocycles. The fraction of sp³-hybridized carbons (Fsp3) is 0.370. The molecule has 5 aromatic rings. The standard InChI is InChI=1S/C54H62O10/c1-5-6-7-8-9-10-11-12-36-59-45-25-19-41(20-26-45)51(55)61-47-27-23-43(24-28-47)53(57)64-50-18-14-17-44(38-50)54(58)63-48-29-21-42(22-30-48)52(56)62-49-33-31-46(32-34-49)60-37-35-40(4)16-13-15-39(2)3/h14,17-34,38-40H,5-13,15-16,35-37H2,1-4H3/t40-/m0/s1. The number of carbonyl (C=O) groups is 4. The largest absolute Gasteiger partial charge is 0.494 e. The van der Waals surface area contributed by atoms with Gasteiger partial charge in [0.1, 0.15) is 34.5 Å². The van der Waals surface area contributed by atoms with E-state index in [4.69, 9.17) is 28.4 Å². The molecule has 5 aromatic carbocycles. The molecule has 0 aliphatic heterocycles. The molecular weight excluding hydrogens is 809 g/mol. The third-order valence-corrected chi connectivity index (χ3v) is 10.6. The maximum absolute atomic E-state index is 13.0. The van der Waals surface area contributed by atoms with Crippen molar-refractivity contribution in [3.8, 4) is 34.5 Å². The fourth-order valence-electron chi connectivity index (χ4n) is 6.78. The molecule has 0 aromatic heterocycles. The van der Waals surface area contributed by atoms with Crippen molar-refractivity contribution in [2.75, 3.05) is 13.2 Å². The smallest absolute Gasteiger partial charge is 0.343 e. The molecule has 0 bridgehead atoms. The van der Waals surface area contributed by atoms with Crippen molar-refractivity contribution in [2.45, 2.75) is 105 Å². The topological polar surface area (TPSA) is 124 Å². The lowest BCUT2D eigenvalue weighted by Crippen LogP contribution is -2.12. The molecule has 0 spiro atoms. The van der Waals surface area contributed by atoms with Gasteiger partial charge in [-0.05, 0) is 140 Å². The predicted octanol–water partition coefficient (Wildman–Crippen LogP) is 13.3. The summed E-state index contributed by atoms with van der Waals surface area (Å²) in [6.45, 7) is 10.2. The van der Waals surface area contributed by atoms with Gasteiger partial charge < -0.3 is 28.4 Å². The maximum Gasteiger partial charge on any atom is 0.343 e. The lowest BCUT2D eigenvalue weighted by molar-refractivity contribution is 0.0712. The molecule has 0 unspecified atom stereocenters. The van der Waals surface area contributed by atoms with Gasteiger partial charge in [-0.3, -0.25) is 0 Å². The number of hydrogen-bond acceptors (Lipinski definition) is 10. The Kier molecular flexibility index (Phi) is 19.9. The number of esters is 4. The van der Waals surface area contributed by atoms with Gasteiger partial charge in [0, 0.05) is 0 Å². The normalized spacial score (nSPS) is 11.4. The molecule has 0 radical (unpaired) electrons. The number of carbonyl (C=O) groups excluding carboxylic acids is 4. The minimum Gasteiger partial charge on any atom is -0.494 e. The second-order valence-corrected chi connectivity index (χ2v) is 16.5. The van der Waals surface area contributed by atoms with Gasteiger partial charge in [0.05, 0.1) is 35.5 Å². The summed E-state index contributed by atoms with van der Waals surface area (Å²) in [4.78, 5) is 51.6. The van der Waals surface area contributed by atoms with Crippen LogP contribution >= 0.6 is 0 Å². The van der Waals surface area contributed by atoms with E-state index >= 15 is 0 Å². The molecule has 0 fully saturated rings. The first-order chi connectivity index (χ1) is 31.1. The minimum atomic E-state index is -0.691. The molecule has 64 heavy (non-hydrogen) atoms. The summed E-state index contributed by atoms with van der Waals surface area (Å²) >= 11 is 0. The van der Waals surface area contributed by atoms with Crippen LogP contribution in [-0.2, 0) is 0 Å². The number of benzene rings is 5. The van der Waals surface area contributed by atoms with Gasteiger partial charge in [0.15, 0.2) is 0 Å². The highest BCUT2D eigenvalue weighted by Gasteiger charge is 2.16. The second kappa shape index (κ2) is 26.3. The third-order valence-electron chi connectivity index (χ3n) is 10.6. The van der Waals surface area contributed by atoms with Gasteiger partial charge in [0.25, 0.3) is 0 Å². The Morgan fingerprint density at radius 2 is 0.797 bits per heavy atom. The van der Waals surface area contributed by atoms with Crippen molar-refractivity contribution in [3.05, 3.63) is 144 Å². The van der Waals surface area contributed by atoms with E-state index in [0.717, 1.165) is 25.2 Å². The lowest BCUT2D eigenvalue weighted by Gasteiger charge is -2.13. The molecule has 0 N–H and O–H groups in total. The summed E-state index contributed by atoms with van der Waals surface area (Å²) in [5, 5.41) is 0. The maximum atomic E-state index is 13.0. The van der Waals surface area contributed by atoms with E-state index < -0.39 is 23.9 Å². The average Bonchev–Trinajstić information content (AvgIpc) is 3.29. The molecule has 0 amide bonds. The average molecular weight is 871 g/mol. The molecule has 338 valence electrons. The first-order valence-electron chi connectivity index (χ1n) is 22.7. The Balaban J connectivity index is 1.02. The van der Waals surface area contributed by atoms with E-state index in [9.17, 15) is 19.2 Å². The third kappa shape index (κ3) is 17.0. The molecule has 10 heteroatoms. The van der Waals surface area contributed by atoms with Crippen molar-refractivity contribution in [1.82, 2.24) is 0 Å². The van der Waals surface area contributed by atoms with Crippen LogP contribution in [0.5, 0.6) is 34.5 Å². The van der Waals surface area contributed by atoms with E-state index in [0.29, 0.717) is 41.9 Å². The zero-order chi connectivity index (χ0) is 45.5. The number of ether oxygens (including phenoxy) is 6. The van der Waals surface area contributed by atoms with Crippen LogP contribution in [0.1, 0.15) is 146 Å². The highest BCUT2D eigenvalue weighted by molar-refractivity contribution is 5.95. The van der Waals surface area contributed by atoms with Crippen molar-refractivity contribution in [2.24, 2.45) is 11.8 Å². The van der Waals surface area contributed by atoms with Crippen LogP contribution in [0.2, 0.25) is 0 Å². The second-order valence-electron chi connectivity index (χ2n) is 16.5. The molecule has 5 rings (SSSR count). The molecule has 10 nitrogen and oxygen atoms in total.